The third-order valence-electron chi connectivity index (χ3n) is 4.03. The van der Waals surface area contributed by atoms with Crippen molar-refractivity contribution in [2.24, 2.45) is 0 Å². The minimum absolute atomic E-state index is 0. The second-order valence-corrected chi connectivity index (χ2v) is 12.9. The van der Waals surface area contributed by atoms with Gasteiger partial charge in [-0.2, -0.15) is 79.9 Å². The maximum atomic E-state index is 3.72. The molecule has 0 aromatic heterocycles. The molecule has 2 heteroatoms. The Labute approximate surface area is 207 Å². The molecular weight excluding hydrogens is 424 g/mol. The fraction of sp³-hybridized carbons (Fsp3) is 0.138. The van der Waals surface area contributed by atoms with Gasteiger partial charge in [0.25, 0.3) is 0 Å². The van der Waals surface area contributed by atoms with Gasteiger partial charge in [-0.05, 0) is 0 Å². The van der Waals surface area contributed by atoms with Gasteiger partial charge in [-0.15, -0.1) is 42.8 Å². The van der Waals surface area contributed by atoms with Crippen molar-refractivity contribution in [3.8, 4) is 0 Å². The molecule has 0 amide bonds. The van der Waals surface area contributed by atoms with Gasteiger partial charge in [0.1, 0.15) is 0 Å². The Morgan fingerprint density at radius 1 is 0.613 bits per heavy atom. The van der Waals surface area contributed by atoms with Crippen LogP contribution in [0.1, 0.15) is 23.1 Å². The van der Waals surface area contributed by atoms with Crippen molar-refractivity contribution >= 4 is 8.07 Å². The van der Waals surface area contributed by atoms with E-state index in [-0.39, 0.29) is 21.7 Å². The Bertz CT molecular complexity index is 772. The van der Waals surface area contributed by atoms with Gasteiger partial charge < -0.3 is 0 Å². The first kappa shape index (κ1) is 28.7. The molecule has 0 saturated heterocycles. The summed E-state index contributed by atoms with van der Waals surface area (Å²) in [5.74, 6) is 0. The van der Waals surface area contributed by atoms with E-state index in [1.165, 1.54) is 5.20 Å². The third kappa shape index (κ3) is 15.2. The van der Waals surface area contributed by atoms with Crippen LogP contribution in [0.25, 0.3) is 0 Å². The Morgan fingerprint density at radius 2 is 0.935 bits per heavy atom. The molecule has 0 saturated carbocycles. The van der Waals surface area contributed by atoms with E-state index in [0.717, 1.165) is 23.1 Å². The number of hydrogen-bond acceptors (Lipinski definition) is 0. The van der Waals surface area contributed by atoms with Crippen molar-refractivity contribution in [2.75, 3.05) is 0 Å². The van der Waals surface area contributed by atoms with Crippen LogP contribution in [0.3, 0.4) is 0 Å². The van der Waals surface area contributed by atoms with Crippen molar-refractivity contribution in [1.29, 1.82) is 0 Å². The Morgan fingerprint density at radius 3 is 1.06 bits per heavy atom. The summed E-state index contributed by atoms with van der Waals surface area (Å²) in [5.41, 5.74) is 3.22. The van der Waals surface area contributed by atoms with Crippen LogP contribution in [0.2, 0.25) is 19.6 Å². The fourth-order valence-corrected chi connectivity index (χ4v) is 3.60. The number of benzene rings is 3. The summed E-state index contributed by atoms with van der Waals surface area (Å²) in [7, 11) is -1.01. The summed E-state index contributed by atoms with van der Waals surface area (Å²) < 4.78 is 0. The minimum Gasteiger partial charge on any atom is -0.274 e. The van der Waals surface area contributed by atoms with Crippen LogP contribution in [0, 0.1) is 26.8 Å². The summed E-state index contributed by atoms with van der Waals surface area (Å²) in [6.07, 6.45) is 8.82. The molecule has 1 aliphatic carbocycles. The predicted octanol–water partition coefficient (Wildman–Crippen LogP) is 8.16. The zero-order valence-electron chi connectivity index (χ0n) is 19.1. The molecule has 0 bridgehead atoms. The quantitative estimate of drug-likeness (QED) is 0.255. The van der Waals surface area contributed by atoms with E-state index in [1.54, 1.807) is 0 Å². The zero-order chi connectivity index (χ0) is 22.2. The summed E-state index contributed by atoms with van der Waals surface area (Å²) in [6.45, 7) is 18.2. The molecule has 0 heterocycles. The van der Waals surface area contributed by atoms with Gasteiger partial charge in [-0.1, -0.05) is 37.8 Å². The van der Waals surface area contributed by atoms with Crippen molar-refractivity contribution in [1.82, 2.24) is 0 Å². The zero-order valence-corrected chi connectivity index (χ0v) is 21.7. The average molecular weight is 459 g/mol. The van der Waals surface area contributed by atoms with Gasteiger partial charge in [0, 0.05) is 8.07 Å². The van der Waals surface area contributed by atoms with E-state index in [1.807, 2.05) is 91.0 Å². The summed E-state index contributed by atoms with van der Waals surface area (Å²) >= 11 is 0. The number of rotatable bonds is 1. The molecule has 0 N–H and O–H groups in total. The van der Waals surface area contributed by atoms with E-state index >= 15 is 0 Å². The molecule has 158 valence electrons. The smallest absolute Gasteiger partial charge is 0.274 e. The van der Waals surface area contributed by atoms with Crippen molar-refractivity contribution in [3.63, 3.8) is 0 Å². The van der Waals surface area contributed by atoms with Gasteiger partial charge in [-0.25, -0.2) is 11.3 Å². The second kappa shape index (κ2) is 16.4. The third-order valence-corrected chi connectivity index (χ3v) is 5.99. The fourth-order valence-electron chi connectivity index (χ4n) is 2.35. The van der Waals surface area contributed by atoms with Crippen LogP contribution in [0.5, 0.6) is 0 Å². The van der Waals surface area contributed by atoms with E-state index in [4.69, 9.17) is 0 Å². The van der Waals surface area contributed by atoms with Crippen LogP contribution < -0.4 is 0 Å². The van der Waals surface area contributed by atoms with Crippen molar-refractivity contribution in [3.05, 3.63) is 152 Å². The standard InChI is InChI=1S/C8H13Si.3C7H7.Ti/c1-9(2,3)8-6-4-5-7-8;3*1-7-5-3-2-4-6-7;/h4,6H,5H2,1-3H3;3*2-6H,1H2;/q4*-1;+4. The van der Waals surface area contributed by atoms with Gasteiger partial charge in [0.15, 0.2) is 0 Å². The maximum absolute atomic E-state index is 3.72. The largest absolute Gasteiger partial charge is 4.00 e. The molecule has 0 aliphatic heterocycles. The summed E-state index contributed by atoms with van der Waals surface area (Å²) in [4.78, 5) is 0. The second-order valence-electron chi connectivity index (χ2n) is 7.90. The normalized spacial score (nSPS) is 11.1. The number of allylic oxidation sites excluding steroid dienone is 4. The molecule has 3 aromatic rings. The first-order chi connectivity index (χ1) is 14.3. The molecule has 0 nitrogen and oxygen atoms in total. The molecule has 1 aliphatic rings. The van der Waals surface area contributed by atoms with E-state index < -0.39 is 8.07 Å². The first-order valence-electron chi connectivity index (χ1n) is 10.2. The molecule has 4 rings (SSSR count). The van der Waals surface area contributed by atoms with Crippen LogP contribution in [0.15, 0.2) is 108 Å². The van der Waals surface area contributed by atoms with Gasteiger partial charge >= 0.3 is 21.7 Å². The van der Waals surface area contributed by atoms with Crippen molar-refractivity contribution < 1.29 is 21.7 Å². The Hall–Kier alpha value is -2.32. The Balaban J connectivity index is 0.000000385. The maximum Gasteiger partial charge on any atom is 4.00 e. The summed E-state index contributed by atoms with van der Waals surface area (Å²) in [6, 6.07) is 29.6. The van der Waals surface area contributed by atoms with E-state index in [2.05, 4.69) is 58.6 Å². The van der Waals surface area contributed by atoms with E-state index in [9.17, 15) is 0 Å². The van der Waals surface area contributed by atoms with Crippen LogP contribution in [0.4, 0.5) is 0 Å². The molecule has 0 spiro atoms. The first-order valence-corrected chi connectivity index (χ1v) is 13.7. The summed E-state index contributed by atoms with van der Waals surface area (Å²) in [5, 5.41) is 1.49. The van der Waals surface area contributed by atoms with Gasteiger partial charge in [0.2, 0.25) is 0 Å². The predicted molar refractivity (Wildman–Crippen MR) is 137 cm³/mol. The van der Waals surface area contributed by atoms with Gasteiger partial charge in [-0.3, -0.25) is 6.08 Å². The SMILES string of the molecule is C[Si](C)(C)C1=[C-]CC=C1.[CH2-]c1ccccc1.[CH2-]c1ccccc1.[CH2-]c1ccccc1.[Ti+4]. The molecule has 31 heavy (non-hydrogen) atoms. The molecule has 0 fully saturated rings. The number of hydrogen-bond donors (Lipinski definition) is 0. The van der Waals surface area contributed by atoms with Crippen molar-refractivity contribution in [2.45, 2.75) is 26.1 Å². The molecule has 3 aromatic carbocycles. The minimum atomic E-state index is -1.01. The molecular formula is C29H34SiTi. The molecule has 0 radical (unpaired) electrons. The molecule has 0 atom stereocenters. The van der Waals surface area contributed by atoms with Crippen LogP contribution >= 0.6 is 0 Å². The topological polar surface area (TPSA) is 0 Å². The molecule has 0 unspecified atom stereocenters. The van der Waals surface area contributed by atoms with Gasteiger partial charge in [0.05, 0.1) is 0 Å². The average Bonchev–Trinajstić information content (AvgIpc) is 3.27. The van der Waals surface area contributed by atoms with Crippen LogP contribution in [-0.2, 0) is 21.7 Å². The van der Waals surface area contributed by atoms with Crippen LogP contribution in [-0.4, -0.2) is 8.07 Å². The van der Waals surface area contributed by atoms with E-state index in [0.29, 0.717) is 0 Å². The Kier molecular flexibility index (Phi) is 15.2. The monoisotopic (exact) mass is 458 g/mol.